The Kier molecular flexibility index (Phi) is 7.44. The molecule has 5 aliphatic rings. The van der Waals surface area contributed by atoms with Gasteiger partial charge in [0.25, 0.3) is 5.91 Å². The minimum Gasteiger partial charge on any atom is -0.380 e. The quantitative estimate of drug-likeness (QED) is 0.304. The number of likely N-dealkylation sites (tertiary alicyclic amines) is 1. The number of ether oxygens (including phenoxy) is 2. The molecule has 12 nitrogen and oxygen atoms in total. The van der Waals surface area contributed by atoms with E-state index < -0.39 is 52.7 Å². The van der Waals surface area contributed by atoms with Crippen molar-refractivity contribution in [3.63, 3.8) is 0 Å². The molecular formula is C30H47N5O7. The monoisotopic (exact) mass is 589 g/mol. The molecule has 5 fully saturated rings. The Bertz CT molecular complexity index is 1140. The van der Waals surface area contributed by atoms with Gasteiger partial charge in [-0.3, -0.25) is 19.2 Å². The lowest BCUT2D eigenvalue weighted by Gasteiger charge is -2.37. The second-order valence-corrected chi connectivity index (χ2v) is 15.4. The molecule has 12 heteroatoms. The molecular weight excluding hydrogens is 542 g/mol. The third-order valence-electron chi connectivity index (χ3n) is 10.6. The molecule has 3 saturated heterocycles. The number of primary amides is 1. The van der Waals surface area contributed by atoms with Gasteiger partial charge in [-0.05, 0) is 44.9 Å². The highest BCUT2D eigenvalue weighted by Crippen LogP contribution is 2.86. The highest BCUT2D eigenvalue weighted by Gasteiger charge is 2.92. The number of carbonyl (C=O) groups excluding carboxylic acids is 5. The van der Waals surface area contributed by atoms with Gasteiger partial charge in [0.1, 0.15) is 12.1 Å². The van der Waals surface area contributed by atoms with Crippen LogP contribution in [0.4, 0.5) is 4.79 Å². The molecule has 3 spiro atoms. The van der Waals surface area contributed by atoms with Crippen molar-refractivity contribution in [1.82, 2.24) is 20.9 Å². The summed E-state index contributed by atoms with van der Waals surface area (Å²) in [7, 11) is 0. The van der Waals surface area contributed by atoms with Gasteiger partial charge in [-0.15, -0.1) is 0 Å². The van der Waals surface area contributed by atoms with E-state index in [0.717, 1.165) is 19.3 Å². The first kappa shape index (κ1) is 30.7. The fourth-order valence-electron chi connectivity index (χ4n) is 7.85. The molecule has 0 bridgehead atoms. The molecule has 42 heavy (non-hydrogen) atoms. The van der Waals surface area contributed by atoms with Crippen molar-refractivity contribution in [3.8, 4) is 0 Å². The number of nitrogens with one attached hydrogen (secondary N) is 3. The number of fused-ring (bicyclic) bond motifs is 3. The first-order valence-corrected chi connectivity index (χ1v) is 15.2. The maximum Gasteiger partial charge on any atom is 0.315 e. The van der Waals surface area contributed by atoms with Crippen LogP contribution in [0.25, 0.3) is 0 Å². The summed E-state index contributed by atoms with van der Waals surface area (Å²) in [5.74, 6) is -2.53. The van der Waals surface area contributed by atoms with Crippen molar-refractivity contribution in [2.75, 3.05) is 33.0 Å². The van der Waals surface area contributed by atoms with Crippen molar-refractivity contribution in [2.24, 2.45) is 33.3 Å². The van der Waals surface area contributed by atoms with Gasteiger partial charge < -0.3 is 36.1 Å². The van der Waals surface area contributed by atoms with E-state index in [2.05, 4.69) is 16.0 Å². The SMILES string of the molecule is CC(C)(C)NC(=O)N[C@H](C(=O)N1CC2(C[C@H]1C(=O)NC(CC1CCC1)C(=O)C(N)=O)C1(COC1)C21COC1)C(C)(C)C. The molecule has 3 aliphatic heterocycles. The van der Waals surface area contributed by atoms with Gasteiger partial charge in [-0.25, -0.2) is 4.79 Å². The normalized spacial score (nSPS) is 26.4. The summed E-state index contributed by atoms with van der Waals surface area (Å²) in [6.45, 7) is 13.7. The van der Waals surface area contributed by atoms with Crippen LogP contribution in [-0.2, 0) is 28.7 Å². The minimum absolute atomic E-state index is 0.172. The van der Waals surface area contributed by atoms with Crippen molar-refractivity contribution in [1.29, 1.82) is 0 Å². The summed E-state index contributed by atoms with van der Waals surface area (Å²) in [5.41, 5.74) is 3.45. The van der Waals surface area contributed by atoms with Crippen LogP contribution in [-0.4, -0.2) is 91.1 Å². The highest BCUT2D eigenvalue weighted by molar-refractivity contribution is 6.37. The standard InChI is InChI=1S/C30H47N5O7/c1-26(2,3)21(33-25(40)34-27(4,5)6)24(39)35-12-28(29(13-41-14-29)30(28)15-42-16-30)11-19(35)23(38)32-18(20(36)22(31)37)10-17-8-7-9-17/h17-19,21H,7-16H2,1-6H3,(H2,31,37)(H,32,38)(H2,33,34,40)/t18?,19-,21+/m0/s1. The van der Waals surface area contributed by atoms with Gasteiger partial charge in [0.15, 0.2) is 0 Å². The van der Waals surface area contributed by atoms with Crippen LogP contribution in [0.15, 0.2) is 0 Å². The summed E-state index contributed by atoms with van der Waals surface area (Å²) in [4.78, 5) is 67.6. The Morgan fingerprint density at radius 3 is 1.88 bits per heavy atom. The van der Waals surface area contributed by atoms with Gasteiger partial charge in [0.05, 0.1) is 32.5 Å². The van der Waals surface area contributed by atoms with Crippen molar-refractivity contribution in [3.05, 3.63) is 0 Å². The minimum atomic E-state index is -1.09. The predicted octanol–water partition coefficient (Wildman–Crippen LogP) is 0.862. The summed E-state index contributed by atoms with van der Waals surface area (Å²) >= 11 is 0. The molecule has 234 valence electrons. The summed E-state index contributed by atoms with van der Waals surface area (Å²) < 4.78 is 11.3. The molecule has 0 aromatic rings. The van der Waals surface area contributed by atoms with E-state index in [-0.39, 0.29) is 28.1 Å². The van der Waals surface area contributed by atoms with E-state index >= 15 is 0 Å². The Balaban J connectivity index is 1.44. The molecule has 5 amide bonds. The number of nitrogens with two attached hydrogens (primary N) is 1. The lowest BCUT2D eigenvalue weighted by atomic mass is 9.80. The molecule has 3 atom stereocenters. The van der Waals surface area contributed by atoms with Crippen LogP contribution in [0.2, 0.25) is 0 Å². The lowest BCUT2D eigenvalue weighted by Crippen LogP contribution is -2.61. The number of hydrogen-bond acceptors (Lipinski definition) is 7. The zero-order chi connectivity index (χ0) is 30.9. The second-order valence-electron chi connectivity index (χ2n) is 15.4. The molecule has 5 rings (SSSR count). The number of rotatable bonds is 8. The van der Waals surface area contributed by atoms with Crippen molar-refractivity contribution in [2.45, 2.75) is 97.3 Å². The maximum absolute atomic E-state index is 14.4. The van der Waals surface area contributed by atoms with E-state index in [1.54, 1.807) is 4.90 Å². The number of Topliss-reactive ketones (excluding diaryl/α,β-unsaturated/α-hetero) is 1. The number of amides is 5. The fraction of sp³-hybridized carbons (Fsp3) is 0.833. The number of carbonyl (C=O) groups is 5. The van der Waals surface area contributed by atoms with E-state index in [4.69, 9.17) is 15.2 Å². The second kappa shape index (κ2) is 10.2. The predicted molar refractivity (Wildman–Crippen MR) is 152 cm³/mol. The molecule has 0 aromatic heterocycles. The van der Waals surface area contributed by atoms with E-state index in [9.17, 15) is 24.0 Å². The molecule has 0 radical (unpaired) electrons. The zero-order valence-corrected chi connectivity index (χ0v) is 25.8. The van der Waals surface area contributed by atoms with E-state index in [0.29, 0.717) is 45.8 Å². The Hall–Kier alpha value is -2.73. The van der Waals surface area contributed by atoms with Crippen molar-refractivity contribution < 1.29 is 33.4 Å². The average molecular weight is 590 g/mol. The van der Waals surface area contributed by atoms with Gasteiger partial charge in [0.2, 0.25) is 17.6 Å². The Labute approximate surface area is 247 Å². The van der Waals surface area contributed by atoms with Gasteiger partial charge in [-0.1, -0.05) is 40.0 Å². The number of nitrogens with zero attached hydrogens (tertiary/aromatic N) is 1. The summed E-state index contributed by atoms with van der Waals surface area (Å²) in [5, 5.41) is 8.55. The summed E-state index contributed by atoms with van der Waals surface area (Å²) in [6.07, 6.45) is 3.63. The molecule has 5 N–H and O–H groups in total. The lowest BCUT2D eigenvalue weighted by molar-refractivity contribution is -0.143. The Morgan fingerprint density at radius 1 is 0.905 bits per heavy atom. The largest absolute Gasteiger partial charge is 0.380 e. The first-order chi connectivity index (χ1) is 19.5. The maximum atomic E-state index is 14.4. The third-order valence-corrected chi connectivity index (χ3v) is 10.6. The topological polar surface area (TPSA) is 169 Å². The van der Waals surface area contributed by atoms with Crippen LogP contribution in [0, 0.1) is 27.6 Å². The molecule has 2 aliphatic carbocycles. The molecule has 3 heterocycles. The first-order valence-electron chi connectivity index (χ1n) is 15.2. The van der Waals surface area contributed by atoms with Crippen molar-refractivity contribution >= 4 is 29.5 Å². The number of urea groups is 1. The Morgan fingerprint density at radius 2 is 1.48 bits per heavy atom. The van der Waals surface area contributed by atoms with E-state index in [1.807, 2.05) is 41.5 Å². The van der Waals surface area contributed by atoms with Crippen LogP contribution in [0.1, 0.15) is 73.6 Å². The van der Waals surface area contributed by atoms with Crippen LogP contribution >= 0.6 is 0 Å². The average Bonchev–Trinajstić information content (AvgIpc) is 3.12. The zero-order valence-electron chi connectivity index (χ0n) is 25.8. The van der Waals surface area contributed by atoms with Gasteiger partial charge in [0, 0.05) is 28.3 Å². The van der Waals surface area contributed by atoms with Crippen LogP contribution < -0.4 is 21.7 Å². The van der Waals surface area contributed by atoms with Gasteiger partial charge in [-0.2, -0.15) is 0 Å². The highest BCUT2D eigenvalue weighted by atomic mass is 16.5. The number of ketones is 1. The molecule has 0 aromatic carbocycles. The molecule has 1 unspecified atom stereocenters. The third kappa shape index (κ3) is 4.78. The van der Waals surface area contributed by atoms with Gasteiger partial charge >= 0.3 is 6.03 Å². The van der Waals surface area contributed by atoms with E-state index in [1.165, 1.54) is 0 Å². The van der Waals surface area contributed by atoms with Crippen LogP contribution in [0.5, 0.6) is 0 Å². The fourth-order valence-corrected chi connectivity index (χ4v) is 7.85. The van der Waals surface area contributed by atoms with Crippen LogP contribution in [0.3, 0.4) is 0 Å². The smallest absolute Gasteiger partial charge is 0.315 e. The number of hydrogen-bond donors (Lipinski definition) is 4. The molecule has 2 saturated carbocycles. The summed E-state index contributed by atoms with van der Waals surface area (Å²) in [6, 6.07) is -3.33.